The lowest BCUT2D eigenvalue weighted by Crippen LogP contribution is -1.88. The lowest BCUT2D eigenvalue weighted by atomic mass is 10.00. The van der Waals surface area contributed by atoms with Gasteiger partial charge in [-0.25, -0.2) is 0 Å². The molecule has 1 aromatic rings. The monoisotopic (exact) mass is 172 g/mol. The molecular formula is C13H16. The van der Waals surface area contributed by atoms with Crippen LogP contribution in [0.4, 0.5) is 0 Å². The van der Waals surface area contributed by atoms with Crippen LogP contribution in [0.15, 0.2) is 43.0 Å². The molecule has 0 nitrogen and oxygen atoms in total. The Kier molecular flexibility index (Phi) is 3.51. The summed E-state index contributed by atoms with van der Waals surface area (Å²) in [5, 5.41) is 0. The first-order valence-corrected chi connectivity index (χ1v) is 4.60. The third kappa shape index (κ3) is 2.59. The topological polar surface area (TPSA) is 0 Å². The lowest BCUT2D eigenvalue weighted by molar-refractivity contribution is 1.24. The van der Waals surface area contributed by atoms with E-state index in [9.17, 15) is 0 Å². The van der Waals surface area contributed by atoms with Crippen LogP contribution in [0.3, 0.4) is 0 Å². The SMILES string of the molecule is C=C(C)c1ccccc1C/C=C\C. The van der Waals surface area contributed by atoms with Gasteiger partial charge in [-0.2, -0.15) is 0 Å². The van der Waals surface area contributed by atoms with E-state index in [2.05, 4.69) is 49.9 Å². The molecule has 1 aromatic carbocycles. The Morgan fingerprint density at radius 2 is 2.08 bits per heavy atom. The van der Waals surface area contributed by atoms with Gasteiger partial charge in [0.2, 0.25) is 0 Å². The zero-order valence-corrected chi connectivity index (χ0v) is 8.38. The van der Waals surface area contributed by atoms with Crippen LogP contribution in [-0.2, 0) is 6.42 Å². The molecule has 68 valence electrons. The Morgan fingerprint density at radius 3 is 2.69 bits per heavy atom. The van der Waals surface area contributed by atoms with Crippen LogP contribution in [0.1, 0.15) is 25.0 Å². The van der Waals surface area contributed by atoms with E-state index in [1.54, 1.807) is 0 Å². The highest BCUT2D eigenvalue weighted by atomic mass is 14.0. The van der Waals surface area contributed by atoms with Gasteiger partial charge in [-0.05, 0) is 31.4 Å². The summed E-state index contributed by atoms with van der Waals surface area (Å²) in [6, 6.07) is 8.42. The molecule has 0 aliphatic heterocycles. The van der Waals surface area contributed by atoms with Crippen molar-refractivity contribution < 1.29 is 0 Å². The van der Waals surface area contributed by atoms with Gasteiger partial charge < -0.3 is 0 Å². The normalized spacial score (nSPS) is 10.6. The maximum atomic E-state index is 3.97. The van der Waals surface area contributed by atoms with E-state index in [0.29, 0.717) is 0 Å². The van der Waals surface area contributed by atoms with Crippen molar-refractivity contribution >= 4 is 5.57 Å². The fourth-order valence-electron chi connectivity index (χ4n) is 1.36. The Labute approximate surface area is 80.6 Å². The highest BCUT2D eigenvalue weighted by molar-refractivity contribution is 5.64. The van der Waals surface area contributed by atoms with Crippen LogP contribution in [0.5, 0.6) is 0 Å². The largest absolute Gasteiger partial charge is 0.0955 e. The zero-order valence-electron chi connectivity index (χ0n) is 8.38. The van der Waals surface area contributed by atoms with Crippen LogP contribution in [0.25, 0.3) is 5.57 Å². The molecule has 0 spiro atoms. The average Bonchev–Trinajstić information content (AvgIpc) is 2.15. The van der Waals surface area contributed by atoms with Gasteiger partial charge in [0, 0.05) is 0 Å². The summed E-state index contributed by atoms with van der Waals surface area (Å²) in [7, 11) is 0. The van der Waals surface area contributed by atoms with Gasteiger partial charge in [0.05, 0.1) is 0 Å². The number of allylic oxidation sites excluding steroid dienone is 3. The lowest BCUT2D eigenvalue weighted by Gasteiger charge is -2.06. The molecule has 0 fully saturated rings. The molecule has 1 rings (SSSR count). The second kappa shape index (κ2) is 4.66. The number of hydrogen-bond donors (Lipinski definition) is 0. The molecule has 0 aliphatic rings. The summed E-state index contributed by atoms with van der Waals surface area (Å²) in [5.41, 5.74) is 3.77. The van der Waals surface area contributed by atoms with Crippen molar-refractivity contribution in [1.82, 2.24) is 0 Å². The van der Waals surface area contributed by atoms with Crippen molar-refractivity contribution in [3.05, 3.63) is 54.1 Å². The first kappa shape index (κ1) is 9.79. The smallest absolute Gasteiger partial charge is 0.00915 e. The third-order valence-corrected chi connectivity index (χ3v) is 2.05. The quantitative estimate of drug-likeness (QED) is 0.608. The van der Waals surface area contributed by atoms with Crippen molar-refractivity contribution in [2.24, 2.45) is 0 Å². The predicted octanol–water partition coefficient (Wildman–Crippen LogP) is 3.84. The van der Waals surface area contributed by atoms with E-state index < -0.39 is 0 Å². The molecule has 0 heterocycles. The summed E-state index contributed by atoms with van der Waals surface area (Å²) >= 11 is 0. The van der Waals surface area contributed by atoms with E-state index in [-0.39, 0.29) is 0 Å². The van der Waals surface area contributed by atoms with E-state index in [4.69, 9.17) is 0 Å². The van der Waals surface area contributed by atoms with Gasteiger partial charge >= 0.3 is 0 Å². The predicted molar refractivity (Wildman–Crippen MR) is 59.7 cm³/mol. The van der Waals surface area contributed by atoms with E-state index in [1.807, 2.05) is 6.92 Å². The van der Waals surface area contributed by atoms with Crippen molar-refractivity contribution in [2.75, 3.05) is 0 Å². The first-order chi connectivity index (χ1) is 6.25. The van der Waals surface area contributed by atoms with E-state index in [0.717, 1.165) is 12.0 Å². The van der Waals surface area contributed by atoms with Gasteiger partial charge in [0.1, 0.15) is 0 Å². The summed E-state index contributed by atoms with van der Waals surface area (Å²) in [4.78, 5) is 0. The molecule has 0 unspecified atom stereocenters. The van der Waals surface area contributed by atoms with Crippen molar-refractivity contribution in [2.45, 2.75) is 20.3 Å². The summed E-state index contributed by atoms with van der Waals surface area (Å²) in [6.07, 6.45) is 5.25. The molecule has 0 saturated carbocycles. The molecule has 0 aromatic heterocycles. The standard InChI is InChI=1S/C13H16/c1-4-5-8-12-9-6-7-10-13(12)11(2)3/h4-7,9-10H,2,8H2,1,3H3/b5-4-. The van der Waals surface area contributed by atoms with Gasteiger partial charge in [-0.3, -0.25) is 0 Å². The molecule has 0 aliphatic carbocycles. The fourth-order valence-corrected chi connectivity index (χ4v) is 1.36. The molecule has 0 radical (unpaired) electrons. The maximum absolute atomic E-state index is 3.97. The minimum atomic E-state index is 1.000. The molecule has 0 bridgehead atoms. The fraction of sp³-hybridized carbons (Fsp3) is 0.231. The molecule has 0 atom stereocenters. The van der Waals surface area contributed by atoms with Crippen LogP contribution in [0.2, 0.25) is 0 Å². The Balaban J connectivity index is 2.97. The van der Waals surface area contributed by atoms with Crippen LogP contribution < -0.4 is 0 Å². The summed E-state index contributed by atoms with van der Waals surface area (Å²) in [6.45, 7) is 8.07. The first-order valence-electron chi connectivity index (χ1n) is 4.60. The molecule has 0 amide bonds. The summed E-state index contributed by atoms with van der Waals surface area (Å²) in [5.74, 6) is 0. The third-order valence-electron chi connectivity index (χ3n) is 2.05. The van der Waals surface area contributed by atoms with Crippen LogP contribution in [-0.4, -0.2) is 0 Å². The van der Waals surface area contributed by atoms with Crippen LogP contribution in [0, 0.1) is 0 Å². The Morgan fingerprint density at radius 1 is 1.38 bits per heavy atom. The number of hydrogen-bond acceptors (Lipinski definition) is 0. The second-order valence-electron chi connectivity index (χ2n) is 3.21. The number of benzene rings is 1. The van der Waals surface area contributed by atoms with E-state index >= 15 is 0 Å². The van der Waals surface area contributed by atoms with Crippen LogP contribution >= 0.6 is 0 Å². The van der Waals surface area contributed by atoms with Crippen molar-refractivity contribution in [3.8, 4) is 0 Å². The summed E-state index contributed by atoms with van der Waals surface area (Å²) < 4.78 is 0. The Hall–Kier alpha value is -1.30. The van der Waals surface area contributed by atoms with Gasteiger partial charge in [0.25, 0.3) is 0 Å². The molecule has 13 heavy (non-hydrogen) atoms. The molecular weight excluding hydrogens is 156 g/mol. The number of rotatable bonds is 3. The second-order valence-corrected chi connectivity index (χ2v) is 3.21. The molecule has 0 N–H and O–H groups in total. The molecule has 0 saturated heterocycles. The van der Waals surface area contributed by atoms with Crippen molar-refractivity contribution in [1.29, 1.82) is 0 Å². The van der Waals surface area contributed by atoms with Crippen molar-refractivity contribution in [3.63, 3.8) is 0 Å². The zero-order chi connectivity index (χ0) is 9.68. The average molecular weight is 172 g/mol. The minimum Gasteiger partial charge on any atom is -0.0955 e. The minimum absolute atomic E-state index is 1.000. The van der Waals surface area contributed by atoms with E-state index in [1.165, 1.54) is 11.1 Å². The van der Waals surface area contributed by atoms with Gasteiger partial charge in [0.15, 0.2) is 0 Å². The maximum Gasteiger partial charge on any atom is -0.00915 e. The highest BCUT2D eigenvalue weighted by Gasteiger charge is 1.98. The molecule has 0 heteroatoms. The Bertz CT molecular complexity index is 319. The highest BCUT2D eigenvalue weighted by Crippen LogP contribution is 2.17. The van der Waals surface area contributed by atoms with Gasteiger partial charge in [-0.1, -0.05) is 48.6 Å². The van der Waals surface area contributed by atoms with Gasteiger partial charge in [-0.15, -0.1) is 0 Å².